The van der Waals surface area contributed by atoms with Crippen molar-refractivity contribution in [3.8, 4) is 11.1 Å². The molecule has 0 atom stereocenters. The predicted octanol–water partition coefficient (Wildman–Crippen LogP) is 2.64. The van der Waals surface area contributed by atoms with Crippen molar-refractivity contribution < 1.29 is 9.21 Å². The second-order valence-corrected chi connectivity index (χ2v) is 5.70. The van der Waals surface area contributed by atoms with Gasteiger partial charge in [-0.15, -0.1) is 0 Å². The van der Waals surface area contributed by atoms with Gasteiger partial charge in [0.15, 0.2) is 0 Å². The molecule has 3 rings (SSSR count). The van der Waals surface area contributed by atoms with Gasteiger partial charge in [0.05, 0.1) is 25.3 Å². The Morgan fingerprint density at radius 1 is 1.29 bits per heavy atom. The number of aromatic nitrogens is 2. The Labute approximate surface area is 140 Å². The summed E-state index contributed by atoms with van der Waals surface area (Å²) in [5.74, 6) is -0.0825. The molecule has 0 unspecified atom stereocenters. The van der Waals surface area contributed by atoms with Gasteiger partial charge in [0.2, 0.25) is 0 Å². The maximum absolute atomic E-state index is 12.2. The zero-order valence-corrected chi connectivity index (χ0v) is 13.8. The van der Waals surface area contributed by atoms with Crippen molar-refractivity contribution in [2.45, 2.75) is 6.54 Å². The SMILES string of the molecule is CN(C)c1cccc(C(=O)NCCn2cc(-c3ccoc3)cn2)c1. The molecule has 0 saturated carbocycles. The normalized spacial score (nSPS) is 10.6. The lowest BCUT2D eigenvalue weighted by atomic mass is 10.2. The van der Waals surface area contributed by atoms with Gasteiger partial charge >= 0.3 is 0 Å². The molecule has 0 radical (unpaired) electrons. The third-order valence-electron chi connectivity index (χ3n) is 3.74. The molecular weight excluding hydrogens is 304 g/mol. The average molecular weight is 324 g/mol. The Balaban J connectivity index is 1.55. The molecule has 1 amide bonds. The number of carbonyl (C=O) groups excluding carboxylic acids is 1. The highest BCUT2D eigenvalue weighted by Gasteiger charge is 2.07. The van der Waals surface area contributed by atoms with Crippen molar-refractivity contribution in [3.63, 3.8) is 0 Å². The molecule has 0 aliphatic carbocycles. The van der Waals surface area contributed by atoms with Gasteiger partial charge < -0.3 is 14.6 Å². The third-order valence-corrected chi connectivity index (χ3v) is 3.74. The van der Waals surface area contributed by atoms with Crippen molar-refractivity contribution in [1.82, 2.24) is 15.1 Å². The fourth-order valence-corrected chi connectivity index (χ4v) is 2.38. The van der Waals surface area contributed by atoms with E-state index in [9.17, 15) is 4.79 Å². The lowest BCUT2D eigenvalue weighted by molar-refractivity contribution is 0.0952. The molecule has 2 aromatic heterocycles. The number of amides is 1. The maximum atomic E-state index is 12.2. The van der Waals surface area contributed by atoms with E-state index in [2.05, 4.69) is 10.4 Å². The van der Waals surface area contributed by atoms with E-state index in [4.69, 9.17) is 4.42 Å². The van der Waals surface area contributed by atoms with Crippen LogP contribution in [0.15, 0.2) is 59.7 Å². The monoisotopic (exact) mass is 324 g/mol. The molecule has 2 heterocycles. The van der Waals surface area contributed by atoms with Crippen LogP contribution in [-0.4, -0.2) is 36.3 Å². The Kier molecular flexibility index (Phi) is 4.65. The smallest absolute Gasteiger partial charge is 0.251 e. The minimum Gasteiger partial charge on any atom is -0.472 e. The van der Waals surface area contributed by atoms with Crippen LogP contribution in [0.25, 0.3) is 11.1 Å². The second-order valence-electron chi connectivity index (χ2n) is 5.70. The first-order chi connectivity index (χ1) is 11.6. The first-order valence-electron chi connectivity index (χ1n) is 7.74. The highest BCUT2D eigenvalue weighted by Crippen LogP contribution is 2.18. The van der Waals surface area contributed by atoms with Gasteiger partial charge in [-0.05, 0) is 24.3 Å². The van der Waals surface area contributed by atoms with Crippen LogP contribution in [0.2, 0.25) is 0 Å². The zero-order valence-electron chi connectivity index (χ0n) is 13.8. The Morgan fingerprint density at radius 3 is 2.92 bits per heavy atom. The summed E-state index contributed by atoms with van der Waals surface area (Å²) < 4.78 is 6.87. The number of nitrogens with zero attached hydrogens (tertiary/aromatic N) is 3. The van der Waals surface area contributed by atoms with Crippen molar-refractivity contribution >= 4 is 11.6 Å². The first kappa shape index (κ1) is 15.9. The standard InChI is InChI=1S/C18H20N4O2/c1-21(2)17-5-3-4-14(10-17)18(23)19-7-8-22-12-16(11-20-22)15-6-9-24-13-15/h3-6,9-13H,7-8H2,1-2H3,(H,19,23). The van der Waals surface area contributed by atoms with Crippen molar-refractivity contribution in [2.75, 3.05) is 25.5 Å². The maximum Gasteiger partial charge on any atom is 0.251 e. The molecule has 1 aromatic carbocycles. The largest absolute Gasteiger partial charge is 0.472 e. The van der Waals surface area contributed by atoms with E-state index < -0.39 is 0 Å². The summed E-state index contributed by atoms with van der Waals surface area (Å²) in [6.07, 6.45) is 7.03. The molecule has 6 nitrogen and oxygen atoms in total. The topological polar surface area (TPSA) is 63.3 Å². The van der Waals surface area contributed by atoms with E-state index >= 15 is 0 Å². The highest BCUT2D eigenvalue weighted by atomic mass is 16.3. The van der Waals surface area contributed by atoms with Crippen LogP contribution in [0, 0.1) is 0 Å². The molecule has 0 saturated heterocycles. The summed E-state index contributed by atoms with van der Waals surface area (Å²) in [5.41, 5.74) is 3.64. The van der Waals surface area contributed by atoms with E-state index in [1.54, 1.807) is 23.4 Å². The van der Waals surface area contributed by atoms with Gasteiger partial charge in [-0.1, -0.05) is 6.07 Å². The summed E-state index contributed by atoms with van der Waals surface area (Å²) in [6.45, 7) is 1.12. The predicted molar refractivity (Wildman–Crippen MR) is 93.0 cm³/mol. The number of hydrogen-bond acceptors (Lipinski definition) is 4. The molecule has 0 fully saturated rings. The lowest BCUT2D eigenvalue weighted by Gasteiger charge is -2.13. The number of rotatable bonds is 6. The minimum absolute atomic E-state index is 0.0825. The molecular formula is C18H20N4O2. The summed E-state index contributed by atoms with van der Waals surface area (Å²) in [5, 5.41) is 7.22. The minimum atomic E-state index is -0.0825. The third kappa shape index (κ3) is 3.65. The van der Waals surface area contributed by atoms with Crippen LogP contribution < -0.4 is 10.2 Å². The van der Waals surface area contributed by atoms with E-state index in [0.29, 0.717) is 18.7 Å². The van der Waals surface area contributed by atoms with Gasteiger partial charge in [-0.2, -0.15) is 5.10 Å². The molecule has 6 heteroatoms. The van der Waals surface area contributed by atoms with E-state index in [1.807, 2.05) is 55.5 Å². The van der Waals surface area contributed by atoms with Crippen LogP contribution in [0.1, 0.15) is 10.4 Å². The quantitative estimate of drug-likeness (QED) is 0.757. The van der Waals surface area contributed by atoms with Crippen LogP contribution in [0.3, 0.4) is 0 Å². The fourth-order valence-electron chi connectivity index (χ4n) is 2.38. The van der Waals surface area contributed by atoms with Gasteiger partial charge in [0, 0.05) is 49.2 Å². The fraction of sp³-hybridized carbons (Fsp3) is 0.222. The highest BCUT2D eigenvalue weighted by molar-refractivity contribution is 5.95. The van der Waals surface area contributed by atoms with Crippen LogP contribution >= 0.6 is 0 Å². The molecule has 0 aliphatic rings. The summed E-state index contributed by atoms with van der Waals surface area (Å²) in [6, 6.07) is 9.43. The van der Waals surface area contributed by atoms with Crippen LogP contribution in [0.5, 0.6) is 0 Å². The summed E-state index contributed by atoms with van der Waals surface area (Å²) in [4.78, 5) is 14.2. The molecule has 3 aromatic rings. The molecule has 124 valence electrons. The van der Waals surface area contributed by atoms with E-state index in [-0.39, 0.29) is 5.91 Å². The summed E-state index contributed by atoms with van der Waals surface area (Å²) in [7, 11) is 3.90. The Bertz CT molecular complexity index is 806. The number of benzene rings is 1. The molecule has 24 heavy (non-hydrogen) atoms. The Morgan fingerprint density at radius 2 is 2.17 bits per heavy atom. The molecule has 1 N–H and O–H groups in total. The van der Waals surface area contributed by atoms with Gasteiger partial charge in [0.25, 0.3) is 5.91 Å². The van der Waals surface area contributed by atoms with Gasteiger partial charge in [-0.25, -0.2) is 0 Å². The number of carbonyl (C=O) groups is 1. The summed E-state index contributed by atoms with van der Waals surface area (Å²) >= 11 is 0. The van der Waals surface area contributed by atoms with E-state index in [1.165, 1.54) is 0 Å². The van der Waals surface area contributed by atoms with Gasteiger partial charge in [0.1, 0.15) is 0 Å². The van der Waals surface area contributed by atoms with Crippen molar-refractivity contribution in [1.29, 1.82) is 0 Å². The molecule has 0 bridgehead atoms. The number of hydrogen-bond donors (Lipinski definition) is 1. The lowest BCUT2D eigenvalue weighted by Crippen LogP contribution is -2.27. The first-order valence-corrected chi connectivity index (χ1v) is 7.74. The number of nitrogens with one attached hydrogen (secondary N) is 1. The average Bonchev–Trinajstić information content (AvgIpc) is 3.26. The van der Waals surface area contributed by atoms with Crippen molar-refractivity contribution in [2.24, 2.45) is 0 Å². The van der Waals surface area contributed by atoms with E-state index in [0.717, 1.165) is 16.8 Å². The molecule has 0 aliphatic heterocycles. The van der Waals surface area contributed by atoms with Crippen LogP contribution in [0.4, 0.5) is 5.69 Å². The van der Waals surface area contributed by atoms with Crippen molar-refractivity contribution in [3.05, 3.63) is 60.8 Å². The zero-order chi connectivity index (χ0) is 16.9. The molecule has 0 spiro atoms. The van der Waals surface area contributed by atoms with Gasteiger partial charge in [-0.3, -0.25) is 9.48 Å². The number of furan rings is 1. The Hall–Kier alpha value is -3.02. The number of anilines is 1. The van der Waals surface area contributed by atoms with Crippen LogP contribution in [-0.2, 0) is 6.54 Å². The second kappa shape index (κ2) is 7.04.